The van der Waals surface area contributed by atoms with Crippen molar-refractivity contribution in [1.82, 2.24) is 5.32 Å². The van der Waals surface area contributed by atoms with E-state index in [4.69, 9.17) is 98.2 Å². The number of rotatable bonds is 5. The van der Waals surface area contributed by atoms with Gasteiger partial charge in [0.25, 0.3) is 12.3 Å². The highest BCUT2D eigenvalue weighted by Crippen LogP contribution is 2.51. The molecule has 1 unspecified atom stereocenters. The van der Waals surface area contributed by atoms with Crippen molar-refractivity contribution >= 4 is 121 Å². The number of imide groups is 1. The van der Waals surface area contributed by atoms with Gasteiger partial charge >= 0.3 is 6.03 Å². The first-order valence-electron chi connectivity index (χ1n) is 11.2. The number of benzene rings is 3. The number of carbonyl (C=O) groups excluding carboxylic acids is 2. The minimum Gasteiger partial charge on any atom is -0.478 e. The largest absolute Gasteiger partial charge is 0.478 e. The van der Waals surface area contributed by atoms with Crippen LogP contribution in [0.1, 0.15) is 39.6 Å². The summed E-state index contributed by atoms with van der Waals surface area (Å²) in [7, 11) is 0. The normalized spacial score (nSPS) is 14.8. The molecular formula is C26H13Cl7F2N2O3S. The van der Waals surface area contributed by atoms with Crippen molar-refractivity contribution < 1.29 is 23.1 Å². The van der Waals surface area contributed by atoms with E-state index in [1.54, 1.807) is 6.07 Å². The molecule has 4 rings (SSSR count). The molecule has 0 saturated carbocycles. The summed E-state index contributed by atoms with van der Waals surface area (Å²) in [5.74, 6) is -1.07. The number of halogens is 9. The topological polar surface area (TPSA) is 67.4 Å². The Bertz CT molecular complexity index is 1610. The number of allylic oxidation sites excluding steroid dienone is 1. The number of amides is 3. The van der Waals surface area contributed by atoms with Crippen LogP contribution in [0.25, 0.3) is 5.57 Å². The van der Waals surface area contributed by atoms with E-state index in [0.29, 0.717) is 0 Å². The average molecular weight is 720 g/mol. The van der Waals surface area contributed by atoms with Crippen molar-refractivity contribution in [3.8, 4) is 5.75 Å². The number of hydrogen-bond donors (Lipinski definition) is 2. The Labute approximate surface area is 272 Å². The molecule has 0 radical (unpaired) electrons. The molecule has 0 aromatic heterocycles. The third kappa shape index (κ3) is 6.86. The lowest BCUT2D eigenvalue weighted by Crippen LogP contribution is -2.34. The second-order valence-electron chi connectivity index (χ2n) is 8.30. The molecule has 5 nitrogen and oxygen atoms in total. The quantitative estimate of drug-likeness (QED) is 0.204. The van der Waals surface area contributed by atoms with Crippen molar-refractivity contribution in [3.63, 3.8) is 0 Å². The predicted octanol–water partition coefficient (Wildman–Crippen LogP) is 10.5. The van der Waals surface area contributed by atoms with Gasteiger partial charge in [0.15, 0.2) is 6.10 Å². The first kappa shape index (κ1) is 32.0. The summed E-state index contributed by atoms with van der Waals surface area (Å²) in [4.78, 5) is 24.9. The fourth-order valence-electron chi connectivity index (χ4n) is 3.95. The Kier molecular flexibility index (Phi) is 9.98. The van der Waals surface area contributed by atoms with E-state index in [-0.39, 0.29) is 53.6 Å². The average Bonchev–Trinajstić information content (AvgIpc) is 2.88. The van der Waals surface area contributed by atoms with Crippen LogP contribution in [0, 0.1) is 0 Å². The lowest BCUT2D eigenvalue weighted by atomic mass is 9.88. The molecule has 2 N–H and O–H groups in total. The van der Waals surface area contributed by atoms with Gasteiger partial charge in [0.05, 0.1) is 31.7 Å². The molecule has 0 heterocycles. The van der Waals surface area contributed by atoms with Crippen LogP contribution >= 0.6 is 93.4 Å². The first-order chi connectivity index (χ1) is 19.2. The number of fused-ring (bicyclic) bond motifs is 1. The second-order valence-corrected chi connectivity index (χ2v) is 12.7. The van der Waals surface area contributed by atoms with Crippen molar-refractivity contribution in [3.05, 3.63) is 97.0 Å². The van der Waals surface area contributed by atoms with Gasteiger partial charge in [-0.3, -0.25) is 10.1 Å². The summed E-state index contributed by atoms with van der Waals surface area (Å²) in [5.41, 5.74) is -0.516. The monoisotopic (exact) mass is 716 g/mol. The maximum Gasteiger partial charge on any atom is 0.326 e. The highest BCUT2D eigenvalue weighted by atomic mass is 35.6. The lowest BCUT2D eigenvalue weighted by molar-refractivity contribution is 0.0967. The van der Waals surface area contributed by atoms with E-state index in [9.17, 15) is 18.4 Å². The Morgan fingerprint density at radius 1 is 0.927 bits per heavy atom. The van der Waals surface area contributed by atoms with Crippen molar-refractivity contribution in [1.29, 1.82) is 0 Å². The number of ether oxygens (including phenoxy) is 1. The fourth-order valence-corrected chi connectivity index (χ4v) is 5.72. The molecule has 1 atom stereocenters. The van der Waals surface area contributed by atoms with Gasteiger partial charge in [0, 0.05) is 26.7 Å². The zero-order valence-corrected chi connectivity index (χ0v) is 26.0. The van der Waals surface area contributed by atoms with Gasteiger partial charge in [0.2, 0.25) is 3.79 Å². The minimum atomic E-state index is -3.17. The molecule has 1 aliphatic carbocycles. The van der Waals surface area contributed by atoms with Crippen LogP contribution in [0.15, 0.2) is 54.6 Å². The predicted molar refractivity (Wildman–Crippen MR) is 165 cm³/mol. The van der Waals surface area contributed by atoms with Crippen LogP contribution in [-0.2, 0) is 0 Å². The molecule has 3 amide bonds. The van der Waals surface area contributed by atoms with Gasteiger partial charge in [0.1, 0.15) is 5.75 Å². The summed E-state index contributed by atoms with van der Waals surface area (Å²) < 4.78 is 32.4. The number of carbonyl (C=O) groups is 2. The molecule has 214 valence electrons. The van der Waals surface area contributed by atoms with Crippen molar-refractivity contribution in [2.45, 2.75) is 16.3 Å². The number of alkyl halides is 5. The van der Waals surface area contributed by atoms with Crippen LogP contribution in [0.2, 0.25) is 20.1 Å². The third-order valence-corrected chi connectivity index (χ3v) is 8.03. The Morgan fingerprint density at radius 3 is 2.22 bits per heavy atom. The van der Waals surface area contributed by atoms with Crippen LogP contribution in [0.3, 0.4) is 0 Å². The lowest BCUT2D eigenvalue weighted by Gasteiger charge is -2.31. The Morgan fingerprint density at radius 2 is 1.59 bits per heavy atom. The maximum absolute atomic E-state index is 14.2. The summed E-state index contributed by atoms with van der Waals surface area (Å²) in [6.07, 6.45) is -2.93. The summed E-state index contributed by atoms with van der Waals surface area (Å²) >= 11 is 49.1. The smallest absolute Gasteiger partial charge is 0.326 e. The zero-order valence-electron chi connectivity index (χ0n) is 19.9. The molecule has 1 aliphatic rings. The molecule has 0 saturated heterocycles. The Hall–Kier alpha value is -1.88. The molecule has 0 bridgehead atoms. The molecule has 3 aromatic carbocycles. The van der Waals surface area contributed by atoms with E-state index >= 15 is 0 Å². The van der Waals surface area contributed by atoms with Gasteiger partial charge in [-0.15, -0.1) is 0 Å². The summed E-state index contributed by atoms with van der Waals surface area (Å²) in [6, 6.07) is 10.2. The highest BCUT2D eigenvalue weighted by Gasteiger charge is 2.39. The highest BCUT2D eigenvalue weighted by molar-refractivity contribution is 7.80. The van der Waals surface area contributed by atoms with Crippen molar-refractivity contribution in [2.24, 2.45) is 0 Å². The van der Waals surface area contributed by atoms with E-state index in [0.717, 1.165) is 6.07 Å². The van der Waals surface area contributed by atoms with Crippen LogP contribution < -0.4 is 15.4 Å². The molecule has 3 aromatic rings. The van der Waals surface area contributed by atoms with Crippen LogP contribution in [-0.4, -0.2) is 20.6 Å². The van der Waals surface area contributed by atoms with E-state index in [1.165, 1.54) is 42.5 Å². The summed E-state index contributed by atoms with van der Waals surface area (Å²) in [6.45, 7) is 0. The third-order valence-electron chi connectivity index (χ3n) is 5.72. The SMILES string of the molecule is O=C(NC(=O)c1ccccc1Cl)Nc1ccc(OC2C(=S)C=C(C(Cl)(Cl)Cl)c3c(Cl)ccc(Cl)c32)c(Cl)c1C(F)F. The van der Waals surface area contributed by atoms with E-state index in [1.807, 2.05) is 5.32 Å². The molecule has 0 fully saturated rings. The summed E-state index contributed by atoms with van der Waals surface area (Å²) in [5, 5.41) is 4.10. The van der Waals surface area contributed by atoms with Gasteiger partial charge < -0.3 is 10.1 Å². The van der Waals surface area contributed by atoms with E-state index < -0.39 is 38.8 Å². The van der Waals surface area contributed by atoms with Gasteiger partial charge in [-0.25, -0.2) is 13.6 Å². The molecular weight excluding hydrogens is 707 g/mol. The maximum atomic E-state index is 14.2. The minimum absolute atomic E-state index is 0.00891. The number of urea groups is 1. The van der Waals surface area contributed by atoms with Gasteiger partial charge in [-0.05, 0) is 42.5 Å². The molecule has 41 heavy (non-hydrogen) atoms. The van der Waals surface area contributed by atoms with Crippen LogP contribution in [0.5, 0.6) is 5.75 Å². The van der Waals surface area contributed by atoms with E-state index in [2.05, 4.69) is 5.32 Å². The molecule has 15 heteroatoms. The van der Waals surface area contributed by atoms with Crippen molar-refractivity contribution in [2.75, 3.05) is 5.32 Å². The van der Waals surface area contributed by atoms with Crippen LogP contribution in [0.4, 0.5) is 19.3 Å². The number of thiocarbonyl (C=S) groups is 1. The van der Waals surface area contributed by atoms with Gasteiger partial charge in [-0.2, -0.15) is 0 Å². The number of anilines is 1. The Balaban J connectivity index is 1.66. The zero-order chi connectivity index (χ0) is 30.2. The number of nitrogens with one attached hydrogen (secondary N) is 2. The second kappa shape index (κ2) is 12.8. The number of hydrogen-bond acceptors (Lipinski definition) is 4. The standard InChI is InChI=1S/C26H13Cl7F2N2O3S/c27-12-4-2-1-3-10(12)24(38)37-25(39)36-15-7-8-16(21(30)20(15)23(34)35)40-22-17(41)9-11(26(31,32)33)18-13(28)5-6-14(29)19(18)22/h1-9,22-23H,(H2,36,37,38,39). The first-order valence-corrected chi connectivity index (χ1v) is 14.2. The molecule has 0 aliphatic heterocycles. The fraction of sp³-hybridized carbons (Fsp3) is 0.115. The molecule has 0 spiro atoms. The van der Waals surface area contributed by atoms with Gasteiger partial charge in [-0.1, -0.05) is 106 Å².